The number of aromatic amines is 1. The molecular weight excluding hydrogens is 230 g/mol. The van der Waals surface area contributed by atoms with E-state index in [1.54, 1.807) is 6.07 Å². The van der Waals surface area contributed by atoms with Crippen molar-refractivity contribution in [1.82, 2.24) is 10.3 Å². The molecule has 4 N–H and O–H groups in total. The summed E-state index contributed by atoms with van der Waals surface area (Å²) in [6.07, 6.45) is 2.17. The van der Waals surface area contributed by atoms with Gasteiger partial charge < -0.3 is 16.0 Å². The molecule has 0 fully saturated rings. The Morgan fingerprint density at radius 3 is 2.67 bits per heavy atom. The first-order valence-electron chi connectivity index (χ1n) is 6.04. The Hall–Kier alpha value is -1.62. The van der Waals surface area contributed by atoms with Crippen molar-refractivity contribution in [3.8, 4) is 0 Å². The first-order valence-corrected chi connectivity index (χ1v) is 6.04. The van der Waals surface area contributed by atoms with Crippen molar-refractivity contribution in [2.45, 2.75) is 33.2 Å². The highest BCUT2D eigenvalue weighted by Gasteiger charge is 2.25. The van der Waals surface area contributed by atoms with Crippen molar-refractivity contribution in [1.29, 1.82) is 0 Å². The van der Waals surface area contributed by atoms with Gasteiger partial charge in [-0.3, -0.25) is 9.59 Å². The monoisotopic (exact) mass is 251 g/mol. The van der Waals surface area contributed by atoms with E-state index in [1.165, 1.54) is 12.3 Å². The van der Waals surface area contributed by atoms with Crippen LogP contribution in [0.15, 0.2) is 23.1 Å². The first-order chi connectivity index (χ1) is 8.34. The van der Waals surface area contributed by atoms with Gasteiger partial charge in [-0.2, -0.15) is 0 Å². The molecule has 100 valence electrons. The third-order valence-electron chi connectivity index (χ3n) is 2.84. The number of carbonyl (C=O) groups excluding carboxylic acids is 1. The molecule has 0 saturated carbocycles. The molecule has 0 aliphatic carbocycles. The van der Waals surface area contributed by atoms with Gasteiger partial charge >= 0.3 is 0 Å². The molecule has 0 radical (unpaired) electrons. The van der Waals surface area contributed by atoms with Gasteiger partial charge in [0, 0.05) is 23.9 Å². The lowest BCUT2D eigenvalue weighted by Crippen LogP contribution is -2.45. The van der Waals surface area contributed by atoms with Crippen LogP contribution >= 0.6 is 0 Å². The van der Waals surface area contributed by atoms with E-state index in [0.717, 1.165) is 0 Å². The third kappa shape index (κ3) is 4.00. The number of aromatic nitrogens is 1. The average Bonchev–Trinajstić information content (AvgIpc) is 2.27. The molecule has 18 heavy (non-hydrogen) atoms. The highest BCUT2D eigenvalue weighted by Crippen LogP contribution is 2.21. The van der Waals surface area contributed by atoms with Crippen LogP contribution in [-0.4, -0.2) is 23.5 Å². The minimum absolute atomic E-state index is 0.0192. The smallest absolute Gasteiger partial charge is 0.251 e. The van der Waals surface area contributed by atoms with Gasteiger partial charge in [0.15, 0.2) is 0 Å². The largest absolute Gasteiger partial charge is 0.349 e. The van der Waals surface area contributed by atoms with E-state index in [-0.39, 0.29) is 22.9 Å². The minimum atomic E-state index is -0.284. The molecule has 1 heterocycles. The zero-order valence-electron chi connectivity index (χ0n) is 11.1. The topological polar surface area (TPSA) is 88.0 Å². The quantitative estimate of drug-likeness (QED) is 0.742. The Morgan fingerprint density at radius 2 is 2.17 bits per heavy atom. The highest BCUT2D eigenvalue weighted by atomic mass is 16.2. The summed E-state index contributed by atoms with van der Waals surface area (Å²) in [5.41, 5.74) is 5.57. The molecule has 1 aromatic rings. The van der Waals surface area contributed by atoms with E-state index in [0.29, 0.717) is 18.5 Å². The maximum absolute atomic E-state index is 12.0. The average molecular weight is 251 g/mol. The van der Waals surface area contributed by atoms with Crippen molar-refractivity contribution in [3.05, 3.63) is 34.2 Å². The van der Waals surface area contributed by atoms with Gasteiger partial charge in [0.05, 0.1) is 0 Å². The summed E-state index contributed by atoms with van der Waals surface area (Å²) in [6.45, 7) is 6.65. The van der Waals surface area contributed by atoms with Crippen LogP contribution in [0.4, 0.5) is 0 Å². The number of H-pyrrole nitrogens is 1. The standard InChI is InChI=1S/C13H21N3O2/c1-13(2,3)10(4-6-14)16-12(18)9-5-7-15-11(17)8-9/h5,7-8,10H,4,6,14H2,1-3H3,(H,15,17)(H,16,18). The molecule has 0 aliphatic heterocycles. The molecule has 0 spiro atoms. The number of rotatable bonds is 4. The second-order valence-corrected chi connectivity index (χ2v) is 5.41. The van der Waals surface area contributed by atoms with Gasteiger partial charge in [-0.05, 0) is 24.4 Å². The number of hydrogen-bond acceptors (Lipinski definition) is 3. The second-order valence-electron chi connectivity index (χ2n) is 5.41. The van der Waals surface area contributed by atoms with Gasteiger partial charge in [-0.15, -0.1) is 0 Å². The van der Waals surface area contributed by atoms with Gasteiger partial charge in [0.1, 0.15) is 0 Å². The van der Waals surface area contributed by atoms with Crippen molar-refractivity contribution in [2.75, 3.05) is 6.54 Å². The van der Waals surface area contributed by atoms with Gasteiger partial charge in [0.2, 0.25) is 5.56 Å². The normalized spacial score (nSPS) is 13.1. The molecule has 1 unspecified atom stereocenters. The van der Waals surface area contributed by atoms with Crippen LogP contribution in [0.25, 0.3) is 0 Å². The van der Waals surface area contributed by atoms with Crippen LogP contribution in [0, 0.1) is 5.41 Å². The summed E-state index contributed by atoms with van der Waals surface area (Å²) < 4.78 is 0. The van der Waals surface area contributed by atoms with Crippen LogP contribution in [0.2, 0.25) is 0 Å². The van der Waals surface area contributed by atoms with E-state index >= 15 is 0 Å². The highest BCUT2D eigenvalue weighted by molar-refractivity contribution is 5.94. The molecule has 5 nitrogen and oxygen atoms in total. The lowest BCUT2D eigenvalue weighted by Gasteiger charge is -2.31. The fourth-order valence-corrected chi connectivity index (χ4v) is 1.72. The number of nitrogens with one attached hydrogen (secondary N) is 2. The molecule has 1 amide bonds. The summed E-state index contributed by atoms with van der Waals surface area (Å²) in [6, 6.07) is 2.85. The molecule has 0 saturated heterocycles. The number of carbonyl (C=O) groups is 1. The zero-order valence-corrected chi connectivity index (χ0v) is 11.1. The molecule has 0 aliphatic rings. The van der Waals surface area contributed by atoms with Gasteiger partial charge in [-0.25, -0.2) is 0 Å². The molecule has 1 aromatic heterocycles. The molecule has 0 aromatic carbocycles. The second kappa shape index (κ2) is 5.82. The fraction of sp³-hybridized carbons (Fsp3) is 0.538. The molecule has 1 atom stereocenters. The summed E-state index contributed by atoms with van der Waals surface area (Å²) in [5, 5.41) is 2.93. The summed E-state index contributed by atoms with van der Waals surface area (Å²) in [7, 11) is 0. The van der Waals surface area contributed by atoms with Crippen LogP contribution in [0.1, 0.15) is 37.6 Å². The Bertz CT molecular complexity index is 460. The van der Waals surface area contributed by atoms with Crippen LogP contribution in [0.5, 0.6) is 0 Å². The van der Waals surface area contributed by atoms with E-state index in [2.05, 4.69) is 10.3 Å². The van der Waals surface area contributed by atoms with Gasteiger partial charge in [-0.1, -0.05) is 20.8 Å². The molecule has 1 rings (SSSR count). The summed E-state index contributed by atoms with van der Waals surface area (Å²) >= 11 is 0. The Morgan fingerprint density at radius 1 is 1.50 bits per heavy atom. The maximum atomic E-state index is 12.0. The number of hydrogen-bond donors (Lipinski definition) is 3. The number of amides is 1. The fourth-order valence-electron chi connectivity index (χ4n) is 1.72. The Balaban J connectivity index is 2.82. The van der Waals surface area contributed by atoms with E-state index in [9.17, 15) is 9.59 Å². The van der Waals surface area contributed by atoms with E-state index in [4.69, 9.17) is 5.73 Å². The SMILES string of the molecule is CC(C)(C)C(CCN)NC(=O)c1cc[nH]c(=O)c1. The third-order valence-corrected chi connectivity index (χ3v) is 2.84. The lowest BCUT2D eigenvalue weighted by atomic mass is 9.84. The zero-order chi connectivity index (χ0) is 13.8. The van der Waals surface area contributed by atoms with Crippen LogP contribution in [-0.2, 0) is 0 Å². The van der Waals surface area contributed by atoms with E-state index < -0.39 is 0 Å². The van der Waals surface area contributed by atoms with Crippen molar-refractivity contribution in [3.63, 3.8) is 0 Å². The van der Waals surface area contributed by atoms with E-state index in [1.807, 2.05) is 20.8 Å². The molecule has 5 heteroatoms. The van der Waals surface area contributed by atoms with Gasteiger partial charge in [0.25, 0.3) is 5.91 Å². The summed E-state index contributed by atoms with van der Waals surface area (Å²) in [4.78, 5) is 25.7. The predicted molar refractivity (Wildman–Crippen MR) is 71.4 cm³/mol. The predicted octanol–water partition coefficient (Wildman–Crippen LogP) is 0.868. The molecular formula is C13H21N3O2. The maximum Gasteiger partial charge on any atom is 0.251 e. The van der Waals surface area contributed by atoms with Crippen LogP contribution in [0.3, 0.4) is 0 Å². The van der Waals surface area contributed by atoms with Crippen LogP contribution < -0.4 is 16.6 Å². The first kappa shape index (κ1) is 14.4. The number of pyridine rings is 1. The Labute approximate surface area is 107 Å². The Kier molecular flexibility index (Phi) is 4.67. The number of nitrogens with two attached hydrogens (primary N) is 1. The summed E-state index contributed by atoms with van der Waals surface area (Å²) in [5.74, 6) is -0.241. The van der Waals surface area contributed by atoms with Crippen molar-refractivity contribution < 1.29 is 4.79 Å². The molecule has 0 bridgehead atoms. The van der Waals surface area contributed by atoms with Crippen molar-refractivity contribution in [2.24, 2.45) is 11.1 Å². The minimum Gasteiger partial charge on any atom is -0.349 e. The lowest BCUT2D eigenvalue weighted by molar-refractivity contribution is 0.0898. The van der Waals surface area contributed by atoms with Crippen molar-refractivity contribution >= 4 is 5.91 Å².